The molecule has 0 N–H and O–H groups in total. The van der Waals surface area contributed by atoms with Crippen molar-refractivity contribution in [3.05, 3.63) is 205 Å². The fraction of sp³-hybridized carbons (Fsp3) is 0.0182. The zero-order valence-electron chi connectivity index (χ0n) is 61.9. The molecule has 0 atom stereocenters. The quantitative estimate of drug-likeness (QED) is 0.170. The molecule has 0 saturated heterocycles. The zero-order chi connectivity index (χ0) is 66.3. The number of nitrogens with zero attached hydrogens (tertiary/aromatic N) is 2. The smallest absolute Gasteiger partial charge is 0.0652 e. The number of rotatable bonds is 3. The molecule has 1 aliphatic rings. The molecular weight excluding hydrogens is 689 g/mol. The Bertz CT molecular complexity index is 5300. The van der Waals surface area contributed by atoms with Crippen LogP contribution in [0.1, 0.15) is 50.8 Å². The van der Waals surface area contributed by atoms with Crippen LogP contribution in [-0.2, 0) is 0 Å². The van der Waals surface area contributed by atoms with E-state index in [1.54, 1.807) is 0 Å². The Hall–Kier alpha value is -7.42. The molecule has 2 heterocycles. The first kappa shape index (κ1) is 13.4. The van der Waals surface area contributed by atoms with Gasteiger partial charge in [0.2, 0.25) is 0 Å². The van der Waals surface area contributed by atoms with Gasteiger partial charge in [0.15, 0.2) is 0 Å². The number of benzene rings is 9. The molecule has 266 valence electrons. The molecule has 2 nitrogen and oxygen atoms in total. The van der Waals surface area contributed by atoms with Crippen molar-refractivity contribution in [1.82, 2.24) is 9.13 Å². The highest BCUT2D eigenvalue weighted by Gasteiger charge is 2.23. The molecule has 0 spiro atoms. The van der Waals surface area contributed by atoms with Crippen molar-refractivity contribution in [2.24, 2.45) is 0 Å². The van der Waals surface area contributed by atoms with E-state index in [0.29, 0.717) is 4.57 Å². The average Bonchev–Trinajstić information content (AvgIpc) is 1.30. The number of hydrogen-bond donors (Lipinski definition) is 0. The van der Waals surface area contributed by atoms with Crippen LogP contribution in [0, 0.1) is 6.92 Å². The largest absolute Gasteiger partial charge is 0.309 e. The van der Waals surface area contributed by atoms with Crippen LogP contribution in [0.3, 0.4) is 0 Å². The van der Waals surface area contributed by atoms with Crippen LogP contribution in [0.4, 0.5) is 0 Å². The fourth-order valence-electron chi connectivity index (χ4n) is 7.21. The molecule has 0 aliphatic heterocycles. The molecule has 0 amide bonds. The van der Waals surface area contributed by atoms with Crippen LogP contribution in [0.5, 0.6) is 0 Å². The summed E-state index contributed by atoms with van der Waals surface area (Å²) in [5.41, 5.74) is -12.6. The zero-order valence-corrected chi connectivity index (χ0v) is 28.9. The molecule has 12 rings (SSSR count). The third kappa shape index (κ3) is 4.77. The van der Waals surface area contributed by atoms with E-state index in [9.17, 15) is 23.3 Å². The number of hydrogen-bond acceptors (Lipinski definition) is 0. The second-order valence-electron chi connectivity index (χ2n) is 12.8. The fourth-order valence-corrected chi connectivity index (χ4v) is 7.21. The van der Waals surface area contributed by atoms with Crippen LogP contribution < -0.4 is 0 Å². The van der Waals surface area contributed by atoms with E-state index in [2.05, 4.69) is 0 Å². The van der Waals surface area contributed by atoms with E-state index in [1.807, 2.05) is 0 Å². The highest BCUT2D eigenvalue weighted by Crippen LogP contribution is 2.48. The molecule has 0 unspecified atom stereocenters. The molecule has 2 aromatic heterocycles. The number of para-hydroxylation sites is 2. The molecule has 0 radical (unpaired) electrons. The standard InChI is InChI=1S/C55H36N2/c1-35-13-12-14-38(31-35)56-52-23-10-8-21-47(52)50-32-36(25-29-54(50)56)37-26-30-55-51(33-37)48-22-9-11-24-53(48)57(55)39-27-28-46-44-19-5-4-17-42(44)40-15-2-3-16-41(40)43-18-6-7-20-45(43)49(46)34-39/h2-34H,1H3/i2D,3D,4D,5D,6D,7D,8D,9D,10D,11D,12D,13D,14D,15D,16D,17D,18D,19D,20D,21D,22D,23D,24D,25D,26D,27D,28D,29D,30D,31D,32D,33D,34D. The van der Waals surface area contributed by atoms with E-state index in [4.69, 9.17) is 21.9 Å². The van der Waals surface area contributed by atoms with Crippen molar-refractivity contribution in [2.75, 3.05) is 0 Å². The third-order valence-electron chi connectivity index (χ3n) is 9.61. The van der Waals surface area contributed by atoms with E-state index >= 15 is 0 Å². The van der Waals surface area contributed by atoms with Crippen molar-refractivity contribution in [3.63, 3.8) is 0 Å². The Labute approximate surface area is 377 Å². The molecule has 1 aliphatic carbocycles. The van der Waals surface area contributed by atoms with Gasteiger partial charge in [-0.25, -0.2) is 0 Å². The lowest BCUT2D eigenvalue weighted by atomic mass is 9.81. The average molecular weight is 758 g/mol. The predicted molar refractivity (Wildman–Crippen MR) is 241 cm³/mol. The summed E-state index contributed by atoms with van der Waals surface area (Å²) in [6.45, 7) is 1.27. The molecular formula is C55H36N2. The monoisotopic (exact) mass is 757 g/mol. The number of aromatic nitrogens is 2. The minimum absolute atomic E-state index is 0.174. The van der Waals surface area contributed by atoms with Gasteiger partial charge < -0.3 is 9.13 Å². The van der Waals surface area contributed by atoms with Crippen molar-refractivity contribution in [3.8, 4) is 67.0 Å². The van der Waals surface area contributed by atoms with E-state index in [-0.39, 0.29) is 5.56 Å². The SMILES string of the molecule is [2H]c1c([2H])c([2H])c2c(c1[2H])-c1c([2H])c([2H])c([2H])c([2H])c1-c1c([2H])c([2H])c(-n3c4c([2H])c([2H])c([2H])c([2H])c4c4c([2H])c(-c5c([2H])c([2H])c6c(c5[2H])c5c([2H])c([2H])c([2H])c([2H])c5n6-c5c([2H])c([2H])c([2H])c(C)c5[2H])c([2H])c([2H])c43)c([2H])c1-c1c([2H])c([2H])c([2H])c([2H])c1-2. The second kappa shape index (κ2) is 12.3. The first-order chi connectivity index (χ1) is 42.0. The summed E-state index contributed by atoms with van der Waals surface area (Å²) in [4.78, 5) is 0. The highest BCUT2D eigenvalue weighted by molar-refractivity contribution is 6.13. The van der Waals surface area contributed by atoms with Gasteiger partial charge in [0.25, 0.3) is 0 Å². The summed E-state index contributed by atoms with van der Waals surface area (Å²) in [6.07, 6.45) is 0. The molecule has 0 saturated carbocycles. The molecule has 57 heavy (non-hydrogen) atoms. The van der Waals surface area contributed by atoms with Crippen molar-refractivity contribution >= 4 is 43.6 Å². The Kier molecular flexibility index (Phi) is 2.88. The Morgan fingerprint density at radius 2 is 0.702 bits per heavy atom. The Balaban J connectivity index is 1.30. The third-order valence-corrected chi connectivity index (χ3v) is 9.61. The van der Waals surface area contributed by atoms with Crippen LogP contribution in [0.25, 0.3) is 111 Å². The molecule has 0 fully saturated rings. The second-order valence-corrected chi connectivity index (χ2v) is 12.8. The Morgan fingerprint density at radius 3 is 1.21 bits per heavy atom. The summed E-state index contributed by atoms with van der Waals surface area (Å²) < 4.78 is 307. The molecule has 11 aromatic rings. The lowest BCUT2D eigenvalue weighted by Crippen LogP contribution is -1.99. The highest BCUT2D eigenvalue weighted by atomic mass is 15.0. The molecule has 2 heteroatoms. The molecule has 9 aromatic carbocycles. The summed E-state index contributed by atoms with van der Waals surface area (Å²) in [6, 6.07) is -32.0. The van der Waals surface area contributed by atoms with Gasteiger partial charge in [-0.15, -0.1) is 0 Å². The topological polar surface area (TPSA) is 9.86 Å². The molecule has 0 bridgehead atoms. The summed E-state index contributed by atoms with van der Waals surface area (Å²) in [7, 11) is 0. The lowest BCUT2D eigenvalue weighted by molar-refractivity contribution is 1.17. The van der Waals surface area contributed by atoms with Crippen molar-refractivity contribution in [1.29, 1.82) is 0 Å². The maximum atomic E-state index is 10.3. The first-order valence-electron chi connectivity index (χ1n) is 33.6. The lowest BCUT2D eigenvalue weighted by Gasteiger charge is -2.24. The van der Waals surface area contributed by atoms with Gasteiger partial charge in [-0.2, -0.15) is 0 Å². The van der Waals surface area contributed by atoms with E-state index in [1.165, 1.54) is 6.92 Å². The van der Waals surface area contributed by atoms with Crippen molar-refractivity contribution < 1.29 is 45.2 Å². The summed E-state index contributed by atoms with van der Waals surface area (Å²) in [5.74, 6) is 0. The normalized spacial score (nSPS) is 20.1. The van der Waals surface area contributed by atoms with Crippen LogP contribution in [-0.4, -0.2) is 9.13 Å². The number of fused-ring (bicyclic) bond motifs is 14. The van der Waals surface area contributed by atoms with Gasteiger partial charge in [-0.05, 0) is 129 Å². The van der Waals surface area contributed by atoms with Gasteiger partial charge in [0.1, 0.15) is 0 Å². The van der Waals surface area contributed by atoms with Crippen LogP contribution >= 0.6 is 0 Å². The van der Waals surface area contributed by atoms with Gasteiger partial charge in [0.05, 0.1) is 67.3 Å². The van der Waals surface area contributed by atoms with E-state index < -0.39 is 310 Å². The van der Waals surface area contributed by atoms with Crippen LogP contribution in [0.15, 0.2) is 199 Å². The Morgan fingerprint density at radius 1 is 0.298 bits per heavy atom. The van der Waals surface area contributed by atoms with Gasteiger partial charge in [0, 0.05) is 32.9 Å². The van der Waals surface area contributed by atoms with Crippen molar-refractivity contribution in [2.45, 2.75) is 6.92 Å². The van der Waals surface area contributed by atoms with Gasteiger partial charge in [-0.3, -0.25) is 0 Å². The van der Waals surface area contributed by atoms with Crippen LogP contribution in [0.2, 0.25) is 0 Å². The first-order valence-corrected chi connectivity index (χ1v) is 17.1. The maximum absolute atomic E-state index is 10.3. The van der Waals surface area contributed by atoms with Gasteiger partial charge in [-0.1, -0.05) is 139 Å². The maximum Gasteiger partial charge on any atom is 0.0652 e. The minimum atomic E-state index is -1.17. The summed E-state index contributed by atoms with van der Waals surface area (Å²) >= 11 is 0. The predicted octanol–water partition coefficient (Wildman–Crippen LogP) is 14.8. The summed E-state index contributed by atoms with van der Waals surface area (Å²) in [5, 5.41) is -2.58. The minimum Gasteiger partial charge on any atom is -0.309 e. The van der Waals surface area contributed by atoms with Gasteiger partial charge >= 0.3 is 0 Å². The van der Waals surface area contributed by atoms with E-state index in [0.717, 1.165) is 4.57 Å².